The Morgan fingerprint density at radius 2 is 2.20 bits per heavy atom. The minimum atomic E-state index is -2.94. The number of hydrogen-bond donors (Lipinski definition) is 1. The first-order valence-electron chi connectivity index (χ1n) is 8.34. The normalized spacial score (nSPS) is 15.2. The van der Waals surface area contributed by atoms with Crippen LogP contribution in [-0.2, 0) is 6.54 Å². The third kappa shape index (κ3) is 3.78. The highest BCUT2D eigenvalue weighted by atomic mass is 35.5. The molecular weight excluding hydrogens is 276 g/mol. The number of benzene rings is 1. The van der Waals surface area contributed by atoms with Gasteiger partial charge in [-0.1, -0.05) is 23.7 Å². The van der Waals surface area contributed by atoms with Crippen LogP contribution in [0.15, 0.2) is 36.5 Å². The molecule has 0 atom stereocenters. The largest absolute Gasteiger partial charge is 0.497 e. The van der Waals surface area contributed by atoms with Crippen LogP contribution in [0, 0.1) is 0 Å². The molecule has 0 aliphatic carbocycles. The molecule has 0 bridgehead atoms. The molecule has 1 aromatic heterocycles. The number of aromatic nitrogens is 1. The number of ether oxygens (including phenoxy) is 2. The molecule has 5 heteroatoms. The number of rotatable bonds is 6. The van der Waals surface area contributed by atoms with Crippen LogP contribution in [0.1, 0.15) is 19.3 Å². The second kappa shape index (κ2) is 7.01. The number of nitrogens with zero attached hydrogens (tertiary/aromatic N) is 1. The highest BCUT2D eigenvalue weighted by Crippen LogP contribution is 2.26. The Kier molecular flexibility index (Phi) is 3.18. The number of halogens is 1. The third-order valence-corrected chi connectivity index (χ3v) is 2.84. The highest BCUT2D eigenvalue weighted by molar-refractivity contribution is 6.29. The summed E-state index contributed by atoms with van der Waals surface area (Å²) in [5.41, 5.74) is 1.27. The lowest BCUT2D eigenvalue weighted by Gasteiger charge is -2.12. The van der Waals surface area contributed by atoms with Crippen molar-refractivity contribution >= 4 is 17.3 Å². The fourth-order valence-corrected chi connectivity index (χ4v) is 1.79. The first kappa shape index (κ1) is 9.08. The zero-order valence-electron chi connectivity index (χ0n) is 15.8. The summed E-state index contributed by atoms with van der Waals surface area (Å²) in [6.07, 6.45) is 1.18. The smallest absolute Gasteiger partial charge is 0.160 e. The van der Waals surface area contributed by atoms with Gasteiger partial charge in [0.15, 0.2) is 5.75 Å². The van der Waals surface area contributed by atoms with Crippen LogP contribution in [0.3, 0.4) is 0 Å². The lowest BCUT2D eigenvalue weighted by atomic mass is 10.2. The zero-order valence-corrected chi connectivity index (χ0v) is 11.6. The molecule has 2 rings (SSSR count). The van der Waals surface area contributed by atoms with Crippen LogP contribution in [0.5, 0.6) is 11.5 Å². The number of hydrogen-bond acceptors (Lipinski definition) is 4. The molecule has 0 amide bonds. The van der Waals surface area contributed by atoms with Crippen molar-refractivity contribution in [3.63, 3.8) is 0 Å². The summed E-state index contributed by atoms with van der Waals surface area (Å²) < 4.78 is 47.0. The molecular formula is C15H17ClN2O2. The second-order valence-electron chi connectivity index (χ2n) is 3.91. The van der Waals surface area contributed by atoms with E-state index in [1.54, 1.807) is 19.2 Å². The van der Waals surface area contributed by atoms with Gasteiger partial charge in [-0.05, 0) is 24.5 Å². The summed E-state index contributed by atoms with van der Waals surface area (Å²) in [4.78, 5) is 3.82. The van der Waals surface area contributed by atoms with Gasteiger partial charge in [0.05, 0.1) is 28.3 Å². The lowest BCUT2D eigenvalue weighted by molar-refractivity contribution is 0.340. The van der Waals surface area contributed by atoms with E-state index in [0.29, 0.717) is 12.2 Å². The molecule has 4 nitrogen and oxygen atoms in total. The number of pyridine rings is 1. The van der Waals surface area contributed by atoms with Gasteiger partial charge >= 0.3 is 0 Å². The van der Waals surface area contributed by atoms with Crippen LogP contribution < -0.4 is 14.8 Å². The van der Waals surface area contributed by atoms with Crippen LogP contribution in [0.4, 0.5) is 5.69 Å². The van der Waals surface area contributed by atoms with E-state index in [1.165, 1.54) is 12.3 Å². The fraction of sp³-hybridized carbons (Fsp3) is 0.267. The van der Waals surface area contributed by atoms with Gasteiger partial charge in [0.25, 0.3) is 0 Å². The van der Waals surface area contributed by atoms with Gasteiger partial charge in [0.2, 0.25) is 0 Å². The maximum absolute atomic E-state index is 7.59. The van der Waals surface area contributed by atoms with E-state index in [0.717, 1.165) is 11.3 Å². The van der Waals surface area contributed by atoms with Crippen molar-refractivity contribution in [2.45, 2.75) is 13.4 Å². The Morgan fingerprint density at radius 1 is 1.40 bits per heavy atom. The molecule has 1 heterocycles. The number of nitrogens with one attached hydrogen (secondary N) is 1. The summed E-state index contributed by atoms with van der Waals surface area (Å²) in [5.74, 6) is 0.685. The van der Waals surface area contributed by atoms with Gasteiger partial charge in [-0.15, -0.1) is 0 Å². The van der Waals surface area contributed by atoms with Gasteiger partial charge in [-0.25, -0.2) is 4.98 Å². The molecule has 0 fully saturated rings. The van der Waals surface area contributed by atoms with Crippen molar-refractivity contribution in [1.82, 2.24) is 4.98 Å². The predicted molar refractivity (Wildman–Crippen MR) is 80.7 cm³/mol. The van der Waals surface area contributed by atoms with E-state index in [2.05, 4.69) is 10.3 Å². The van der Waals surface area contributed by atoms with E-state index in [1.807, 2.05) is 12.1 Å². The van der Waals surface area contributed by atoms with Crippen molar-refractivity contribution in [3.8, 4) is 11.5 Å². The molecule has 1 N–H and O–H groups in total. The highest BCUT2D eigenvalue weighted by Gasteiger charge is 2.05. The summed E-state index contributed by atoms with van der Waals surface area (Å²) in [6, 6.07) is 8.77. The first-order chi connectivity index (χ1) is 11.6. The second-order valence-corrected chi connectivity index (χ2v) is 4.30. The summed E-state index contributed by atoms with van der Waals surface area (Å²) in [5, 5.41) is 3.21. The van der Waals surface area contributed by atoms with Crippen LogP contribution >= 0.6 is 11.6 Å². The number of methoxy groups -OCH3 is 1. The summed E-state index contributed by atoms with van der Waals surface area (Å²) in [7, 11) is 1.58. The standard InChI is InChI=1S/C15H17ClN2O2/c1-3-20-14-10-18-15(16)8-13(14)17-9-11-4-6-12(19-2)7-5-11/h4-8,10H,3,9H2,1-2H3,(H,17,18)/i1D3,3D2. The van der Waals surface area contributed by atoms with Crippen LogP contribution in [-0.4, -0.2) is 18.7 Å². The maximum atomic E-state index is 7.59. The zero-order chi connectivity index (χ0) is 18.7. The average molecular weight is 298 g/mol. The maximum Gasteiger partial charge on any atom is 0.160 e. The van der Waals surface area contributed by atoms with Crippen molar-refractivity contribution in [2.75, 3.05) is 19.0 Å². The van der Waals surface area contributed by atoms with Crippen molar-refractivity contribution in [2.24, 2.45) is 0 Å². The summed E-state index contributed by atoms with van der Waals surface area (Å²) >= 11 is 5.87. The number of anilines is 1. The minimum absolute atomic E-state index is 0.0426. The van der Waals surface area contributed by atoms with Crippen LogP contribution in [0.25, 0.3) is 0 Å². The molecule has 0 spiro atoms. The Bertz CT molecular complexity index is 723. The molecule has 0 aliphatic rings. The van der Waals surface area contributed by atoms with E-state index >= 15 is 0 Å². The van der Waals surface area contributed by atoms with Crippen molar-refractivity contribution in [3.05, 3.63) is 47.2 Å². The van der Waals surface area contributed by atoms with E-state index in [4.69, 9.17) is 27.9 Å². The minimum Gasteiger partial charge on any atom is -0.497 e. The SMILES string of the molecule is [2H]C([2H])([2H])C([2H])([2H])Oc1cnc(Cl)cc1NCc1ccc(OC)cc1. The van der Waals surface area contributed by atoms with Gasteiger partial charge in [-0.2, -0.15) is 0 Å². The van der Waals surface area contributed by atoms with Crippen LogP contribution in [0.2, 0.25) is 5.15 Å². The molecule has 20 heavy (non-hydrogen) atoms. The van der Waals surface area contributed by atoms with E-state index < -0.39 is 13.4 Å². The van der Waals surface area contributed by atoms with Crippen molar-refractivity contribution in [1.29, 1.82) is 0 Å². The fourth-order valence-electron chi connectivity index (χ4n) is 1.63. The van der Waals surface area contributed by atoms with Gasteiger partial charge in [0.1, 0.15) is 10.9 Å². The molecule has 0 saturated heterocycles. The molecule has 0 unspecified atom stereocenters. The molecule has 106 valence electrons. The van der Waals surface area contributed by atoms with Crippen molar-refractivity contribution < 1.29 is 16.3 Å². The molecule has 0 saturated carbocycles. The molecule has 0 radical (unpaired) electrons. The Hall–Kier alpha value is -1.94. The Balaban J connectivity index is 2.17. The predicted octanol–water partition coefficient (Wildman–Crippen LogP) is 3.75. The quantitative estimate of drug-likeness (QED) is 0.825. The van der Waals surface area contributed by atoms with Gasteiger partial charge < -0.3 is 14.8 Å². The van der Waals surface area contributed by atoms with Gasteiger partial charge in [-0.3, -0.25) is 0 Å². The summed E-state index contributed by atoms with van der Waals surface area (Å²) in [6.45, 7) is -5.42. The molecule has 2 aromatic rings. The lowest BCUT2D eigenvalue weighted by Crippen LogP contribution is -2.03. The Labute approximate surface area is 130 Å². The third-order valence-electron chi connectivity index (χ3n) is 2.64. The van der Waals surface area contributed by atoms with Gasteiger partial charge in [0, 0.05) is 16.7 Å². The molecule has 1 aromatic carbocycles. The Morgan fingerprint density at radius 3 is 2.90 bits per heavy atom. The van der Waals surface area contributed by atoms with E-state index in [9.17, 15) is 0 Å². The monoisotopic (exact) mass is 297 g/mol. The first-order valence-corrected chi connectivity index (χ1v) is 6.21. The average Bonchev–Trinajstić information content (AvgIpc) is 2.54. The van der Waals surface area contributed by atoms with E-state index in [-0.39, 0.29) is 10.9 Å². The molecule has 0 aliphatic heterocycles. The topological polar surface area (TPSA) is 43.4 Å².